The van der Waals surface area contributed by atoms with E-state index >= 15 is 0 Å². The highest BCUT2D eigenvalue weighted by Crippen LogP contribution is 2.22. The Morgan fingerprint density at radius 2 is 2.18 bits per heavy atom. The van der Waals surface area contributed by atoms with Crippen LogP contribution in [0, 0.1) is 0 Å². The zero-order valence-corrected chi connectivity index (χ0v) is 12.7. The van der Waals surface area contributed by atoms with Gasteiger partial charge in [0.15, 0.2) is 5.75 Å². The molecule has 1 aromatic carbocycles. The molecule has 0 bridgehead atoms. The van der Waals surface area contributed by atoms with Gasteiger partial charge in [-0.05, 0) is 13.3 Å². The van der Waals surface area contributed by atoms with Gasteiger partial charge in [-0.3, -0.25) is 9.59 Å². The molecular formula is C14H20N2O6. The number of anilines is 1. The Bertz CT molecular complexity index is 607. The first-order valence-electron chi connectivity index (χ1n) is 7.22. The summed E-state index contributed by atoms with van der Waals surface area (Å²) in [5.74, 6) is 0.117. The molecule has 0 spiro atoms. The van der Waals surface area contributed by atoms with Crippen LogP contribution in [0.4, 0.5) is 10.5 Å². The first-order valence-corrected chi connectivity index (χ1v) is 7.22. The number of ether oxygens (including phenoxy) is 2. The molecule has 0 radical (unpaired) electrons. The van der Waals surface area contributed by atoms with Crippen LogP contribution in [0.25, 0.3) is 0 Å². The SMILES string of the molecule is CCOc1c(N(C)CCC2CN(C(=O)O)CCO2)c(=O)c1=O. The molecule has 1 fully saturated rings. The van der Waals surface area contributed by atoms with Gasteiger partial charge in [0.1, 0.15) is 5.69 Å². The summed E-state index contributed by atoms with van der Waals surface area (Å²) >= 11 is 0. The van der Waals surface area contributed by atoms with Gasteiger partial charge in [-0.2, -0.15) is 0 Å². The van der Waals surface area contributed by atoms with Crippen LogP contribution in [0.3, 0.4) is 0 Å². The molecule has 0 aliphatic carbocycles. The number of nitrogens with zero attached hydrogens (tertiary/aromatic N) is 2. The summed E-state index contributed by atoms with van der Waals surface area (Å²) in [6.07, 6.45) is -0.609. The molecule has 1 saturated heterocycles. The number of hydrogen-bond acceptors (Lipinski definition) is 6. The molecule has 0 aromatic heterocycles. The van der Waals surface area contributed by atoms with E-state index in [4.69, 9.17) is 14.6 Å². The Morgan fingerprint density at radius 3 is 2.82 bits per heavy atom. The maximum absolute atomic E-state index is 11.6. The van der Waals surface area contributed by atoms with Crippen molar-refractivity contribution in [2.75, 3.05) is 44.8 Å². The quantitative estimate of drug-likeness (QED) is 0.732. The van der Waals surface area contributed by atoms with Gasteiger partial charge >= 0.3 is 6.09 Å². The van der Waals surface area contributed by atoms with Gasteiger partial charge in [0.25, 0.3) is 10.9 Å². The number of carbonyl (C=O) groups is 1. The highest BCUT2D eigenvalue weighted by molar-refractivity contribution is 5.65. The van der Waals surface area contributed by atoms with E-state index in [0.29, 0.717) is 39.3 Å². The van der Waals surface area contributed by atoms with Gasteiger partial charge in [0.2, 0.25) is 0 Å². The number of rotatable bonds is 6. The second kappa shape index (κ2) is 6.78. The minimum Gasteiger partial charge on any atom is -0.488 e. The topological polar surface area (TPSA) is 96.4 Å². The van der Waals surface area contributed by atoms with Crippen molar-refractivity contribution in [2.24, 2.45) is 0 Å². The van der Waals surface area contributed by atoms with Crippen LogP contribution in [0.5, 0.6) is 5.75 Å². The molecular weight excluding hydrogens is 292 g/mol. The van der Waals surface area contributed by atoms with Crippen molar-refractivity contribution >= 4 is 11.8 Å². The van der Waals surface area contributed by atoms with Gasteiger partial charge < -0.3 is 24.4 Å². The number of carboxylic acid groups (broad SMARTS) is 1. The lowest BCUT2D eigenvalue weighted by atomic mass is 10.1. The molecule has 8 nitrogen and oxygen atoms in total. The van der Waals surface area contributed by atoms with E-state index in [1.807, 2.05) is 0 Å². The third kappa shape index (κ3) is 3.22. The van der Waals surface area contributed by atoms with Crippen molar-refractivity contribution in [3.05, 3.63) is 20.4 Å². The van der Waals surface area contributed by atoms with Crippen molar-refractivity contribution in [1.82, 2.24) is 4.90 Å². The van der Waals surface area contributed by atoms with Gasteiger partial charge in [-0.1, -0.05) is 0 Å². The van der Waals surface area contributed by atoms with Gasteiger partial charge in [0, 0.05) is 20.1 Å². The third-order valence-corrected chi connectivity index (χ3v) is 3.71. The highest BCUT2D eigenvalue weighted by Gasteiger charge is 2.27. The fourth-order valence-electron chi connectivity index (χ4n) is 2.50. The van der Waals surface area contributed by atoms with Crippen LogP contribution in [0.1, 0.15) is 13.3 Å². The molecule has 1 unspecified atom stereocenters. The van der Waals surface area contributed by atoms with Crippen molar-refractivity contribution in [2.45, 2.75) is 19.4 Å². The van der Waals surface area contributed by atoms with Crippen molar-refractivity contribution < 1.29 is 19.4 Å². The molecule has 1 aromatic rings. The third-order valence-electron chi connectivity index (χ3n) is 3.71. The summed E-state index contributed by atoms with van der Waals surface area (Å²) < 4.78 is 10.7. The minimum atomic E-state index is -0.956. The van der Waals surface area contributed by atoms with Crippen LogP contribution in [-0.4, -0.2) is 62.1 Å². The van der Waals surface area contributed by atoms with Crippen LogP contribution in [0.2, 0.25) is 0 Å². The van der Waals surface area contributed by atoms with Gasteiger partial charge in [-0.15, -0.1) is 0 Å². The number of morpholine rings is 1. The largest absolute Gasteiger partial charge is 0.488 e. The Kier molecular flexibility index (Phi) is 5.02. The Balaban J connectivity index is 1.92. The summed E-state index contributed by atoms with van der Waals surface area (Å²) in [6.45, 7) is 3.60. The van der Waals surface area contributed by atoms with Crippen molar-refractivity contribution in [1.29, 1.82) is 0 Å². The molecule has 122 valence electrons. The first kappa shape index (κ1) is 16.3. The zero-order valence-electron chi connectivity index (χ0n) is 12.7. The molecule has 8 heteroatoms. The normalized spacial score (nSPS) is 18.5. The summed E-state index contributed by atoms with van der Waals surface area (Å²) in [4.78, 5) is 37.0. The molecule has 1 N–H and O–H groups in total. The van der Waals surface area contributed by atoms with E-state index < -0.39 is 17.0 Å². The Hall–Kier alpha value is -2.09. The molecule has 1 amide bonds. The lowest BCUT2D eigenvalue weighted by Crippen LogP contribution is -2.46. The summed E-state index contributed by atoms with van der Waals surface area (Å²) in [7, 11) is 1.70. The molecule has 2 rings (SSSR count). The first-order chi connectivity index (χ1) is 10.5. The van der Waals surface area contributed by atoms with Crippen molar-refractivity contribution in [3.8, 4) is 5.75 Å². The fraction of sp³-hybridized carbons (Fsp3) is 0.643. The molecule has 1 atom stereocenters. The maximum atomic E-state index is 11.6. The van der Waals surface area contributed by atoms with Crippen LogP contribution in [0.15, 0.2) is 9.59 Å². The molecule has 22 heavy (non-hydrogen) atoms. The average Bonchev–Trinajstić information content (AvgIpc) is 2.52. The van der Waals surface area contributed by atoms with E-state index in [-0.39, 0.29) is 17.5 Å². The molecule has 0 saturated carbocycles. The highest BCUT2D eigenvalue weighted by atomic mass is 16.5. The average molecular weight is 312 g/mol. The van der Waals surface area contributed by atoms with E-state index in [2.05, 4.69) is 0 Å². The zero-order chi connectivity index (χ0) is 16.3. The van der Waals surface area contributed by atoms with Crippen molar-refractivity contribution in [3.63, 3.8) is 0 Å². The summed E-state index contributed by atoms with van der Waals surface area (Å²) in [6, 6.07) is 0. The van der Waals surface area contributed by atoms with Crippen LogP contribution >= 0.6 is 0 Å². The monoisotopic (exact) mass is 312 g/mol. The van der Waals surface area contributed by atoms with Gasteiger partial charge in [-0.25, -0.2) is 4.79 Å². The van der Waals surface area contributed by atoms with E-state index in [9.17, 15) is 14.4 Å². The van der Waals surface area contributed by atoms with E-state index in [0.717, 1.165) is 0 Å². The standard InChI is InChI=1S/C14H20N2O6/c1-3-21-13-10(11(17)12(13)18)15(2)5-4-9-8-16(14(19)20)6-7-22-9/h9H,3-8H2,1-2H3,(H,19,20). The number of amides is 1. The van der Waals surface area contributed by atoms with E-state index in [1.54, 1.807) is 18.9 Å². The van der Waals surface area contributed by atoms with E-state index in [1.165, 1.54) is 4.90 Å². The summed E-state index contributed by atoms with van der Waals surface area (Å²) in [5, 5.41) is 8.98. The predicted molar refractivity (Wildman–Crippen MR) is 79.7 cm³/mol. The van der Waals surface area contributed by atoms with Crippen LogP contribution < -0.4 is 20.5 Å². The number of hydrogen-bond donors (Lipinski definition) is 1. The smallest absolute Gasteiger partial charge is 0.407 e. The maximum Gasteiger partial charge on any atom is 0.407 e. The minimum absolute atomic E-state index is 0.117. The predicted octanol–water partition coefficient (Wildman–Crippen LogP) is -0.114. The molecule has 1 aliphatic rings. The fourth-order valence-corrected chi connectivity index (χ4v) is 2.50. The Labute approximate surface area is 127 Å². The lowest BCUT2D eigenvalue weighted by molar-refractivity contribution is -0.0241. The molecule has 1 aliphatic heterocycles. The second-order valence-corrected chi connectivity index (χ2v) is 5.20. The van der Waals surface area contributed by atoms with Crippen LogP contribution in [-0.2, 0) is 4.74 Å². The second-order valence-electron chi connectivity index (χ2n) is 5.20. The Morgan fingerprint density at radius 1 is 1.45 bits per heavy atom. The van der Waals surface area contributed by atoms with Gasteiger partial charge in [0.05, 0.1) is 25.9 Å². The summed E-state index contributed by atoms with van der Waals surface area (Å²) in [5.41, 5.74) is -0.838. The molecule has 1 heterocycles. The lowest BCUT2D eigenvalue weighted by Gasteiger charge is -2.32.